The van der Waals surface area contributed by atoms with Crippen LogP contribution in [0.2, 0.25) is 0 Å². The van der Waals surface area contributed by atoms with Crippen LogP contribution in [0.5, 0.6) is 0 Å². The summed E-state index contributed by atoms with van der Waals surface area (Å²) in [5.74, 6) is 2.30. The normalized spacial score (nSPS) is 40.5. The summed E-state index contributed by atoms with van der Waals surface area (Å²) >= 11 is 0. The minimum Gasteiger partial charge on any atom is -0.478 e. The van der Waals surface area contributed by atoms with E-state index in [9.17, 15) is 18.3 Å². The first-order valence-corrected chi connectivity index (χ1v) is 22.7. The number of hydrogen-bond donors (Lipinski definition) is 2. The Labute approximate surface area is 315 Å². The predicted octanol–water partition coefficient (Wildman–Crippen LogP) is 9.28. The van der Waals surface area contributed by atoms with E-state index < -0.39 is 15.8 Å². The first kappa shape index (κ1) is 38.3. The van der Waals surface area contributed by atoms with E-state index in [0.29, 0.717) is 35.2 Å². The van der Waals surface area contributed by atoms with E-state index >= 15 is 0 Å². The van der Waals surface area contributed by atoms with E-state index in [2.05, 4.69) is 57.8 Å². The third-order valence-corrected chi connectivity index (χ3v) is 19.2. The van der Waals surface area contributed by atoms with Crippen LogP contribution >= 0.6 is 0 Å². The molecule has 0 radical (unpaired) electrons. The lowest BCUT2D eigenvalue weighted by atomic mass is 9.33. The molecule has 1 aliphatic heterocycles. The number of benzene rings is 1. The number of nitrogens with zero attached hydrogens (tertiary/aromatic N) is 1. The highest BCUT2D eigenvalue weighted by Crippen LogP contribution is 2.76. The molecule has 0 spiro atoms. The van der Waals surface area contributed by atoms with Gasteiger partial charge in [-0.2, -0.15) is 0 Å². The van der Waals surface area contributed by atoms with Gasteiger partial charge in [0, 0.05) is 24.9 Å². The standard InChI is InChI=1S/C45H68N2O4S/c1-9-30(2)34-16-23-45(46-26-29-47-27-19-33(20-28-47)52(8,50)51)25-24-43(6)36(39(34)45)14-15-38-42(5)21-17-35(31-10-12-32(13-11-31)40(48)49)41(3,4)37(42)18-22-44(38,43)7/h10-13,17,33-34,36-39,46H,2,9,14-16,18-29H2,1,3-8H3,(H,48,49). The molecule has 9 unspecified atom stereocenters. The molecule has 7 heteroatoms. The molecule has 6 aliphatic rings. The Bertz CT molecular complexity index is 1690. The lowest BCUT2D eigenvalue weighted by Gasteiger charge is -2.72. The number of carboxylic acid groups (broad SMARTS) is 1. The van der Waals surface area contributed by atoms with Gasteiger partial charge in [-0.3, -0.25) is 0 Å². The fourth-order valence-electron chi connectivity index (χ4n) is 14.5. The smallest absolute Gasteiger partial charge is 0.335 e. The number of nitrogens with one attached hydrogen (secondary N) is 1. The zero-order valence-electron chi connectivity index (χ0n) is 33.4. The molecule has 2 N–H and O–H groups in total. The van der Waals surface area contributed by atoms with Gasteiger partial charge < -0.3 is 15.3 Å². The Morgan fingerprint density at radius 2 is 1.60 bits per heavy atom. The molecular formula is C45H68N2O4S. The zero-order chi connectivity index (χ0) is 37.5. The van der Waals surface area contributed by atoms with Crippen molar-refractivity contribution in [1.82, 2.24) is 10.2 Å². The summed E-state index contributed by atoms with van der Waals surface area (Å²) in [7, 11) is -2.95. The van der Waals surface area contributed by atoms with Crippen LogP contribution in [0.15, 0.2) is 42.5 Å². The summed E-state index contributed by atoms with van der Waals surface area (Å²) in [6.45, 7) is 23.8. The van der Waals surface area contributed by atoms with Crippen molar-refractivity contribution in [3.63, 3.8) is 0 Å². The number of piperidine rings is 1. The number of rotatable bonds is 9. The van der Waals surface area contributed by atoms with Gasteiger partial charge in [0.15, 0.2) is 0 Å². The maximum Gasteiger partial charge on any atom is 0.335 e. The highest BCUT2D eigenvalue weighted by Gasteiger charge is 2.70. The van der Waals surface area contributed by atoms with E-state index in [1.807, 2.05) is 12.1 Å². The molecule has 6 nitrogen and oxygen atoms in total. The summed E-state index contributed by atoms with van der Waals surface area (Å²) in [5.41, 5.74) is 5.37. The van der Waals surface area contributed by atoms with Crippen LogP contribution < -0.4 is 5.32 Å². The first-order valence-electron chi connectivity index (χ1n) is 20.8. The summed E-state index contributed by atoms with van der Waals surface area (Å²) in [6, 6.07) is 7.61. The van der Waals surface area contributed by atoms with E-state index in [4.69, 9.17) is 6.58 Å². The molecule has 288 valence electrons. The molecule has 52 heavy (non-hydrogen) atoms. The third kappa shape index (κ3) is 5.92. The molecule has 1 aromatic carbocycles. The van der Waals surface area contributed by atoms with Crippen molar-refractivity contribution in [1.29, 1.82) is 0 Å². The van der Waals surface area contributed by atoms with Crippen molar-refractivity contribution in [2.45, 2.75) is 129 Å². The van der Waals surface area contributed by atoms with Crippen LogP contribution in [0.3, 0.4) is 0 Å². The number of aromatic carboxylic acids is 1. The molecule has 0 aromatic heterocycles. The first-order chi connectivity index (χ1) is 24.4. The Balaban J connectivity index is 1.13. The molecule has 0 bridgehead atoms. The van der Waals surface area contributed by atoms with E-state index in [1.165, 1.54) is 74.3 Å². The van der Waals surface area contributed by atoms with Crippen molar-refractivity contribution in [2.75, 3.05) is 32.4 Å². The van der Waals surface area contributed by atoms with Gasteiger partial charge in [-0.05, 0) is 165 Å². The summed E-state index contributed by atoms with van der Waals surface area (Å²) in [4.78, 5) is 14.1. The molecule has 9 atom stereocenters. The minimum absolute atomic E-state index is 0.0118. The van der Waals surface area contributed by atoms with Gasteiger partial charge in [0.1, 0.15) is 9.84 Å². The third-order valence-electron chi connectivity index (χ3n) is 17.5. The second-order valence-corrected chi connectivity index (χ2v) is 22.1. The number of hydrogen-bond acceptors (Lipinski definition) is 5. The Morgan fingerprint density at radius 3 is 2.23 bits per heavy atom. The van der Waals surface area contributed by atoms with Crippen molar-refractivity contribution in [3.8, 4) is 0 Å². The second kappa shape index (κ2) is 13.4. The minimum atomic E-state index is -2.95. The number of carbonyl (C=O) groups is 1. The molecular weight excluding hydrogens is 665 g/mol. The molecule has 4 saturated carbocycles. The van der Waals surface area contributed by atoms with Crippen LogP contribution in [0.1, 0.15) is 135 Å². The SMILES string of the molecule is C=C(CC)C1CCC2(NCCN3CCC(S(C)(=O)=O)CC3)CCC3(C)C(CCC4C5(C)CC=C(c6ccc(C(=O)O)cc6)C(C)(C)C5CCC43C)C12. The Morgan fingerprint density at radius 1 is 0.904 bits per heavy atom. The average molecular weight is 733 g/mol. The lowest BCUT2D eigenvalue weighted by Crippen LogP contribution is -2.68. The molecule has 0 amide bonds. The summed E-state index contributed by atoms with van der Waals surface area (Å²) in [6.07, 6.45) is 17.8. The van der Waals surface area contributed by atoms with E-state index in [-0.39, 0.29) is 32.4 Å². The van der Waals surface area contributed by atoms with Crippen molar-refractivity contribution in [2.24, 2.45) is 51.2 Å². The largest absolute Gasteiger partial charge is 0.478 e. The molecule has 5 fully saturated rings. The lowest BCUT2D eigenvalue weighted by molar-refractivity contribution is -0.219. The molecule has 1 saturated heterocycles. The number of sulfone groups is 1. The molecule has 7 rings (SSSR count). The van der Waals surface area contributed by atoms with E-state index in [0.717, 1.165) is 51.9 Å². The molecule has 5 aliphatic carbocycles. The predicted molar refractivity (Wildman–Crippen MR) is 213 cm³/mol. The topological polar surface area (TPSA) is 86.7 Å². The highest BCUT2D eigenvalue weighted by atomic mass is 32.2. The zero-order valence-corrected chi connectivity index (χ0v) is 34.2. The summed E-state index contributed by atoms with van der Waals surface area (Å²) < 4.78 is 24.3. The van der Waals surface area contributed by atoms with Crippen LogP contribution in [0, 0.1) is 51.2 Å². The van der Waals surface area contributed by atoms with Crippen LogP contribution in [0.25, 0.3) is 5.57 Å². The van der Waals surface area contributed by atoms with Gasteiger partial charge in [-0.25, -0.2) is 13.2 Å². The monoisotopic (exact) mass is 732 g/mol. The van der Waals surface area contributed by atoms with Crippen LogP contribution in [0.4, 0.5) is 0 Å². The maximum absolute atomic E-state index is 12.2. The quantitative estimate of drug-likeness (QED) is 0.246. The van der Waals surface area contributed by atoms with Gasteiger partial charge in [-0.1, -0.05) is 71.9 Å². The van der Waals surface area contributed by atoms with Gasteiger partial charge in [-0.15, -0.1) is 0 Å². The fraction of sp³-hybridized carbons (Fsp3) is 0.756. The number of allylic oxidation sites excluding steroid dienone is 3. The second-order valence-electron chi connectivity index (χ2n) is 19.7. The number of likely N-dealkylation sites (tertiary alicyclic amines) is 1. The molecule has 1 aromatic rings. The average Bonchev–Trinajstić information content (AvgIpc) is 3.47. The highest BCUT2D eigenvalue weighted by molar-refractivity contribution is 7.91. The Kier molecular flexibility index (Phi) is 9.85. The van der Waals surface area contributed by atoms with E-state index in [1.54, 1.807) is 12.1 Å². The fourth-order valence-corrected chi connectivity index (χ4v) is 15.6. The van der Waals surface area contributed by atoms with Gasteiger partial charge in [0.05, 0.1) is 10.8 Å². The maximum atomic E-state index is 12.2. The Hall–Kier alpha value is -1.96. The van der Waals surface area contributed by atoms with Crippen molar-refractivity contribution < 1.29 is 18.3 Å². The van der Waals surface area contributed by atoms with Crippen molar-refractivity contribution in [3.05, 3.63) is 53.6 Å². The van der Waals surface area contributed by atoms with Gasteiger partial charge >= 0.3 is 5.97 Å². The van der Waals surface area contributed by atoms with Crippen LogP contribution in [-0.4, -0.2) is 67.6 Å². The van der Waals surface area contributed by atoms with Gasteiger partial charge in [0.2, 0.25) is 0 Å². The van der Waals surface area contributed by atoms with Crippen LogP contribution in [-0.2, 0) is 9.84 Å². The van der Waals surface area contributed by atoms with Gasteiger partial charge in [0.25, 0.3) is 0 Å². The number of fused-ring (bicyclic) bond motifs is 7. The van der Waals surface area contributed by atoms with Crippen molar-refractivity contribution >= 4 is 21.4 Å². The molecule has 1 heterocycles. The number of carboxylic acids is 1. The summed E-state index contributed by atoms with van der Waals surface area (Å²) in [5, 5.41) is 13.6.